The lowest BCUT2D eigenvalue weighted by Crippen LogP contribution is -2.44. The van der Waals surface area contributed by atoms with Crippen molar-refractivity contribution >= 4 is 35.1 Å². The predicted molar refractivity (Wildman–Crippen MR) is 136 cm³/mol. The summed E-state index contributed by atoms with van der Waals surface area (Å²) in [5, 5.41) is 16.5. The number of aromatic hydroxyl groups is 1. The maximum Gasteiger partial charge on any atom is 0.328 e. The van der Waals surface area contributed by atoms with E-state index in [2.05, 4.69) is 15.5 Å². The van der Waals surface area contributed by atoms with Crippen LogP contribution < -0.4 is 15.4 Å². The number of amides is 1. The molecule has 10 heteroatoms. The zero-order valence-electron chi connectivity index (χ0n) is 19.7. The lowest BCUT2D eigenvalue weighted by atomic mass is 10.1. The molecule has 2 aromatic rings. The first kappa shape index (κ1) is 27.1. The molecule has 1 heterocycles. The second-order valence-corrected chi connectivity index (χ2v) is 8.94. The maximum atomic E-state index is 13.0. The minimum Gasteiger partial charge on any atom is -0.505 e. The molecule has 0 unspecified atom stereocenters. The van der Waals surface area contributed by atoms with Crippen molar-refractivity contribution in [3.63, 3.8) is 0 Å². The third-order valence-corrected chi connectivity index (χ3v) is 6.26. The van der Waals surface area contributed by atoms with Crippen molar-refractivity contribution in [1.82, 2.24) is 15.5 Å². The maximum absolute atomic E-state index is 13.0. The zero-order valence-corrected chi connectivity index (χ0v) is 21.2. The highest BCUT2D eigenvalue weighted by Crippen LogP contribution is 2.42. The lowest BCUT2D eigenvalue weighted by Gasteiger charge is -2.27. The number of benzene rings is 2. The molecular weight excluding hydrogens is 493 g/mol. The van der Waals surface area contributed by atoms with E-state index in [1.165, 1.54) is 6.07 Å². The monoisotopic (exact) mass is 523 g/mol. The molecule has 1 amide bonds. The number of rotatable bonds is 11. The number of phenolic OH excluding ortho intramolecular Hbond substituents is 1. The number of ether oxygens (including phenoxy) is 2. The van der Waals surface area contributed by atoms with E-state index < -0.39 is 23.7 Å². The van der Waals surface area contributed by atoms with Gasteiger partial charge < -0.3 is 30.1 Å². The molecule has 1 atom stereocenters. The molecule has 8 nitrogen and oxygen atoms in total. The summed E-state index contributed by atoms with van der Waals surface area (Å²) in [4.78, 5) is 27.8. The van der Waals surface area contributed by atoms with Crippen LogP contribution in [0.3, 0.4) is 0 Å². The van der Waals surface area contributed by atoms with E-state index in [9.17, 15) is 14.7 Å². The Kier molecular flexibility index (Phi) is 10.5. The number of halogens is 2. The van der Waals surface area contributed by atoms with E-state index in [1.54, 1.807) is 6.92 Å². The Hall–Kier alpha value is -2.52. The van der Waals surface area contributed by atoms with Gasteiger partial charge in [-0.2, -0.15) is 0 Å². The van der Waals surface area contributed by atoms with Crippen LogP contribution in [0.4, 0.5) is 0 Å². The van der Waals surface area contributed by atoms with Crippen molar-refractivity contribution < 1.29 is 24.2 Å². The molecule has 0 saturated carbocycles. The minimum atomic E-state index is -0.956. The van der Waals surface area contributed by atoms with Crippen molar-refractivity contribution in [2.24, 2.45) is 0 Å². The van der Waals surface area contributed by atoms with E-state index in [0.29, 0.717) is 6.61 Å². The average Bonchev–Trinajstić information content (AvgIpc) is 2.86. The van der Waals surface area contributed by atoms with Gasteiger partial charge in [0, 0.05) is 39.1 Å². The van der Waals surface area contributed by atoms with Crippen LogP contribution in [0.1, 0.15) is 29.3 Å². The number of esters is 1. The number of phenols is 1. The van der Waals surface area contributed by atoms with Crippen molar-refractivity contribution in [3.8, 4) is 11.5 Å². The first-order chi connectivity index (χ1) is 16.9. The van der Waals surface area contributed by atoms with Gasteiger partial charge in [0.15, 0.2) is 11.5 Å². The van der Waals surface area contributed by atoms with Gasteiger partial charge in [-0.15, -0.1) is 0 Å². The fraction of sp³-hybridized carbons (Fsp3) is 0.440. The predicted octanol–water partition coefficient (Wildman–Crippen LogP) is 3.28. The summed E-state index contributed by atoms with van der Waals surface area (Å²) in [5.41, 5.74) is 0.686. The highest BCUT2D eigenvalue weighted by atomic mass is 35.5. The number of piperazine rings is 1. The van der Waals surface area contributed by atoms with E-state index in [4.69, 9.17) is 32.7 Å². The second-order valence-electron chi connectivity index (χ2n) is 8.16. The number of carbonyl (C=O) groups is 2. The summed E-state index contributed by atoms with van der Waals surface area (Å²) in [7, 11) is 0. The highest BCUT2D eigenvalue weighted by Gasteiger charge is 2.27. The van der Waals surface area contributed by atoms with E-state index >= 15 is 0 Å². The van der Waals surface area contributed by atoms with Gasteiger partial charge in [0.1, 0.15) is 11.1 Å². The van der Waals surface area contributed by atoms with Crippen LogP contribution in [0.15, 0.2) is 36.4 Å². The highest BCUT2D eigenvalue weighted by molar-refractivity contribution is 6.39. The summed E-state index contributed by atoms with van der Waals surface area (Å²) in [6.45, 7) is 7.01. The number of nitrogens with zero attached hydrogens (tertiary/aromatic N) is 1. The topological polar surface area (TPSA) is 100 Å². The summed E-state index contributed by atoms with van der Waals surface area (Å²) in [5.74, 6) is -1.63. The van der Waals surface area contributed by atoms with Gasteiger partial charge in [-0.3, -0.25) is 4.79 Å². The summed E-state index contributed by atoms with van der Waals surface area (Å²) in [6.07, 6.45) is 0.984. The third kappa shape index (κ3) is 7.73. The van der Waals surface area contributed by atoms with Crippen LogP contribution in [0.5, 0.6) is 11.5 Å². The normalized spacial score (nSPS) is 14.8. The lowest BCUT2D eigenvalue weighted by molar-refractivity contribution is -0.145. The van der Waals surface area contributed by atoms with Crippen molar-refractivity contribution in [3.05, 3.63) is 57.6 Å². The molecule has 2 aromatic carbocycles. The first-order valence-electron chi connectivity index (χ1n) is 11.7. The van der Waals surface area contributed by atoms with Crippen molar-refractivity contribution in [2.75, 3.05) is 45.9 Å². The Bertz CT molecular complexity index is 1000. The van der Waals surface area contributed by atoms with E-state index in [-0.39, 0.29) is 34.4 Å². The van der Waals surface area contributed by atoms with E-state index in [1.807, 2.05) is 30.3 Å². The van der Waals surface area contributed by atoms with Crippen molar-refractivity contribution in [2.45, 2.75) is 25.8 Å². The second kappa shape index (κ2) is 13.5. The average molecular weight is 524 g/mol. The molecule has 0 bridgehead atoms. The quantitative estimate of drug-likeness (QED) is 0.307. The van der Waals surface area contributed by atoms with Gasteiger partial charge in [-0.1, -0.05) is 53.5 Å². The molecule has 190 valence electrons. The summed E-state index contributed by atoms with van der Waals surface area (Å²) >= 11 is 12.7. The van der Waals surface area contributed by atoms with Gasteiger partial charge in [-0.05, 0) is 25.0 Å². The fourth-order valence-corrected chi connectivity index (χ4v) is 4.38. The van der Waals surface area contributed by atoms with Gasteiger partial charge in [-0.25, -0.2) is 4.79 Å². The number of hydrogen-bond donors (Lipinski definition) is 3. The molecule has 35 heavy (non-hydrogen) atoms. The molecule has 0 spiro atoms. The molecular formula is C25H31Cl2N3O5. The Morgan fingerprint density at radius 2 is 1.91 bits per heavy atom. The number of hydrogen-bond acceptors (Lipinski definition) is 7. The minimum absolute atomic E-state index is 0.0934. The van der Waals surface area contributed by atoms with Crippen LogP contribution in [0.2, 0.25) is 10.0 Å². The van der Waals surface area contributed by atoms with Crippen LogP contribution >= 0.6 is 23.2 Å². The Morgan fingerprint density at radius 1 is 1.20 bits per heavy atom. The number of carbonyl (C=O) groups excluding carboxylic acids is 2. The summed E-state index contributed by atoms with van der Waals surface area (Å²) < 4.78 is 10.8. The van der Waals surface area contributed by atoms with Gasteiger partial charge in [0.25, 0.3) is 5.91 Å². The molecule has 1 fully saturated rings. The molecule has 1 saturated heterocycles. The molecule has 0 aliphatic carbocycles. The van der Waals surface area contributed by atoms with Gasteiger partial charge in [0.2, 0.25) is 0 Å². The number of nitrogens with one attached hydrogen (secondary N) is 2. The Balaban J connectivity index is 1.66. The van der Waals surface area contributed by atoms with Crippen LogP contribution in [0, 0.1) is 0 Å². The largest absolute Gasteiger partial charge is 0.505 e. The Morgan fingerprint density at radius 3 is 2.60 bits per heavy atom. The molecule has 0 radical (unpaired) electrons. The van der Waals surface area contributed by atoms with Crippen molar-refractivity contribution in [1.29, 1.82) is 0 Å². The summed E-state index contributed by atoms with van der Waals surface area (Å²) in [6, 6.07) is 9.56. The zero-order chi connectivity index (χ0) is 25.2. The van der Waals surface area contributed by atoms with Crippen LogP contribution in [-0.4, -0.2) is 73.9 Å². The molecule has 1 aliphatic heterocycles. The first-order valence-corrected chi connectivity index (χ1v) is 12.4. The van der Waals surface area contributed by atoms with E-state index in [0.717, 1.165) is 44.7 Å². The Labute approximate surface area is 215 Å². The standard InChI is InChI=1S/C25H31Cl2N3O5/c1-2-34-25(33)20(15-17-7-4-3-5-8-17)29-24(32)18-16-19(26)23(21(27)22(18)31)35-14-6-11-30-12-9-28-10-13-30/h3-5,7-8,16,20,28,31H,2,6,9-15H2,1H3,(H,29,32)/t20-/m1/s1. The molecule has 3 rings (SSSR count). The van der Waals surface area contributed by atoms with Gasteiger partial charge >= 0.3 is 5.97 Å². The van der Waals surface area contributed by atoms with Gasteiger partial charge in [0.05, 0.1) is 23.8 Å². The van der Waals surface area contributed by atoms with Crippen LogP contribution in [0.25, 0.3) is 0 Å². The third-order valence-electron chi connectivity index (χ3n) is 5.63. The molecule has 0 aromatic heterocycles. The smallest absolute Gasteiger partial charge is 0.328 e. The fourth-order valence-electron chi connectivity index (χ4n) is 3.82. The molecule has 3 N–H and O–H groups in total. The van der Waals surface area contributed by atoms with Crippen LogP contribution in [-0.2, 0) is 16.0 Å². The SMILES string of the molecule is CCOC(=O)[C@@H](Cc1ccccc1)NC(=O)c1cc(Cl)c(OCCCN2CCNCC2)c(Cl)c1O. The molecule has 1 aliphatic rings.